The first-order valence-electron chi connectivity index (χ1n) is 8.39. The standard InChI is InChI=1S/C17H34N2/c1-6-18-11-14(2)19(15(3)12-18)13-16-7-9-17(4,5)10-8-16/h14-16H,6-13H2,1-5H3. The zero-order valence-electron chi connectivity index (χ0n) is 13.8. The molecular weight excluding hydrogens is 232 g/mol. The lowest BCUT2D eigenvalue weighted by Gasteiger charge is -2.46. The Morgan fingerprint density at radius 3 is 2.00 bits per heavy atom. The van der Waals surface area contributed by atoms with Gasteiger partial charge in [0.15, 0.2) is 0 Å². The van der Waals surface area contributed by atoms with Gasteiger partial charge in [0.2, 0.25) is 0 Å². The topological polar surface area (TPSA) is 6.48 Å². The van der Waals surface area contributed by atoms with Gasteiger partial charge in [0.05, 0.1) is 0 Å². The second-order valence-electron chi connectivity index (χ2n) is 7.85. The molecule has 0 bridgehead atoms. The van der Waals surface area contributed by atoms with Crippen LogP contribution in [0.1, 0.15) is 60.3 Å². The van der Waals surface area contributed by atoms with E-state index in [-0.39, 0.29) is 0 Å². The number of nitrogens with zero attached hydrogens (tertiary/aromatic N) is 2. The largest absolute Gasteiger partial charge is 0.301 e. The van der Waals surface area contributed by atoms with Gasteiger partial charge in [-0.15, -0.1) is 0 Å². The number of hydrogen-bond acceptors (Lipinski definition) is 2. The van der Waals surface area contributed by atoms with Gasteiger partial charge in [0, 0.05) is 31.7 Å². The number of rotatable bonds is 3. The van der Waals surface area contributed by atoms with Crippen molar-refractivity contribution in [3.05, 3.63) is 0 Å². The lowest BCUT2D eigenvalue weighted by atomic mass is 9.73. The molecule has 2 atom stereocenters. The molecule has 1 saturated heterocycles. The van der Waals surface area contributed by atoms with Crippen LogP contribution in [0.4, 0.5) is 0 Å². The normalized spacial score (nSPS) is 34.6. The monoisotopic (exact) mass is 266 g/mol. The molecular formula is C17H34N2. The molecule has 0 aromatic carbocycles. The summed E-state index contributed by atoms with van der Waals surface area (Å²) >= 11 is 0. The van der Waals surface area contributed by atoms with Crippen molar-refractivity contribution in [2.45, 2.75) is 72.4 Å². The van der Waals surface area contributed by atoms with Gasteiger partial charge in [0.25, 0.3) is 0 Å². The molecule has 0 aromatic heterocycles. The first kappa shape index (κ1) is 15.3. The van der Waals surface area contributed by atoms with Crippen LogP contribution in [0, 0.1) is 11.3 Å². The smallest absolute Gasteiger partial charge is 0.0198 e. The lowest BCUT2D eigenvalue weighted by molar-refractivity contribution is 0.0198. The quantitative estimate of drug-likeness (QED) is 0.770. The third kappa shape index (κ3) is 3.95. The Labute approximate surface area is 120 Å². The van der Waals surface area contributed by atoms with Crippen LogP contribution in [0.2, 0.25) is 0 Å². The lowest BCUT2D eigenvalue weighted by Crippen LogP contribution is -2.57. The average molecular weight is 266 g/mol. The van der Waals surface area contributed by atoms with E-state index >= 15 is 0 Å². The Bertz CT molecular complexity index is 265. The number of hydrogen-bond donors (Lipinski definition) is 0. The molecule has 2 heteroatoms. The Morgan fingerprint density at radius 1 is 1.00 bits per heavy atom. The molecule has 1 aliphatic carbocycles. The minimum Gasteiger partial charge on any atom is -0.301 e. The summed E-state index contributed by atoms with van der Waals surface area (Å²) in [5, 5.41) is 0. The second-order valence-corrected chi connectivity index (χ2v) is 7.85. The molecule has 2 aliphatic rings. The van der Waals surface area contributed by atoms with Crippen molar-refractivity contribution in [3.63, 3.8) is 0 Å². The second kappa shape index (κ2) is 6.13. The van der Waals surface area contributed by atoms with Crippen LogP contribution >= 0.6 is 0 Å². The van der Waals surface area contributed by atoms with E-state index in [4.69, 9.17) is 0 Å². The summed E-state index contributed by atoms with van der Waals surface area (Å²) in [6, 6.07) is 1.47. The Morgan fingerprint density at radius 2 is 1.53 bits per heavy atom. The predicted molar refractivity (Wildman–Crippen MR) is 83.5 cm³/mol. The summed E-state index contributed by atoms with van der Waals surface area (Å²) < 4.78 is 0. The van der Waals surface area contributed by atoms with Crippen LogP contribution in [0.3, 0.4) is 0 Å². The third-order valence-electron chi connectivity index (χ3n) is 5.55. The van der Waals surface area contributed by atoms with Gasteiger partial charge in [-0.05, 0) is 57.4 Å². The summed E-state index contributed by atoms with van der Waals surface area (Å²) in [5.41, 5.74) is 0.606. The highest BCUT2D eigenvalue weighted by molar-refractivity contribution is 4.87. The Hall–Kier alpha value is -0.0800. The number of likely N-dealkylation sites (N-methyl/N-ethyl adjacent to an activating group) is 1. The maximum atomic E-state index is 2.79. The highest BCUT2D eigenvalue weighted by Crippen LogP contribution is 2.38. The molecule has 2 rings (SSSR count). The summed E-state index contributed by atoms with van der Waals surface area (Å²) in [7, 11) is 0. The van der Waals surface area contributed by atoms with E-state index in [9.17, 15) is 0 Å². The highest BCUT2D eigenvalue weighted by atomic mass is 15.3. The van der Waals surface area contributed by atoms with Crippen molar-refractivity contribution >= 4 is 0 Å². The highest BCUT2D eigenvalue weighted by Gasteiger charge is 2.33. The van der Waals surface area contributed by atoms with E-state index in [1.54, 1.807) is 0 Å². The SMILES string of the molecule is CCN1CC(C)N(CC2CCC(C)(C)CC2)C(C)C1. The van der Waals surface area contributed by atoms with Gasteiger partial charge < -0.3 is 4.90 Å². The maximum Gasteiger partial charge on any atom is 0.0198 e. The van der Waals surface area contributed by atoms with E-state index in [0.717, 1.165) is 18.0 Å². The van der Waals surface area contributed by atoms with Gasteiger partial charge in [-0.2, -0.15) is 0 Å². The van der Waals surface area contributed by atoms with Crippen LogP contribution in [0.15, 0.2) is 0 Å². The fourth-order valence-corrected chi connectivity index (χ4v) is 4.02. The van der Waals surface area contributed by atoms with E-state index in [2.05, 4.69) is 44.4 Å². The minimum atomic E-state index is 0.606. The van der Waals surface area contributed by atoms with Crippen LogP contribution in [-0.2, 0) is 0 Å². The molecule has 1 heterocycles. The zero-order chi connectivity index (χ0) is 14.0. The van der Waals surface area contributed by atoms with E-state index in [0.29, 0.717) is 5.41 Å². The summed E-state index contributed by atoms with van der Waals surface area (Å²) in [4.78, 5) is 5.39. The molecule has 1 aliphatic heterocycles. The summed E-state index contributed by atoms with van der Waals surface area (Å²) in [6.07, 6.45) is 5.74. The van der Waals surface area contributed by atoms with E-state index < -0.39 is 0 Å². The number of piperazine rings is 1. The first-order chi connectivity index (χ1) is 8.91. The van der Waals surface area contributed by atoms with Crippen molar-refractivity contribution < 1.29 is 0 Å². The van der Waals surface area contributed by atoms with E-state index in [1.165, 1.54) is 51.9 Å². The molecule has 0 radical (unpaired) electrons. The molecule has 0 aromatic rings. The Kier molecular flexibility index (Phi) is 4.94. The first-order valence-corrected chi connectivity index (χ1v) is 8.39. The van der Waals surface area contributed by atoms with Crippen molar-refractivity contribution in [2.24, 2.45) is 11.3 Å². The molecule has 2 nitrogen and oxygen atoms in total. The minimum absolute atomic E-state index is 0.606. The van der Waals surface area contributed by atoms with Crippen molar-refractivity contribution in [1.82, 2.24) is 9.80 Å². The molecule has 0 amide bonds. The van der Waals surface area contributed by atoms with Crippen LogP contribution in [0.5, 0.6) is 0 Å². The molecule has 2 unspecified atom stereocenters. The van der Waals surface area contributed by atoms with Gasteiger partial charge >= 0.3 is 0 Å². The van der Waals surface area contributed by atoms with Crippen LogP contribution in [0.25, 0.3) is 0 Å². The van der Waals surface area contributed by atoms with Crippen molar-refractivity contribution in [2.75, 3.05) is 26.2 Å². The van der Waals surface area contributed by atoms with Gasteiger partial charge in [-0.1, -0.05) is 20.8 Å². The summed E-state index contributed by atoms with van der Waals surface area (Å²) in [5.74, 6) is 0.950. The fourth-order valence-electron chi connectivity index (χ4n) is 4.02. The van der Waals surface area contributed by atoms with Crippen molar-refractivity contribution in [1.29, 1.82) is 0 Å². The molecule has 0 N–H and O–H groups in total. The molecule has 2 fully saturated rings. The summed E-state index contributed by atoms with van der Waals surface area (Å²) in [6.45, 7) is 17.1. The molecule has 0 spiro atoms. The predicted octanol–water partition coefficient (Wildman–Crippen LogP) is 3.62. The average Bonchev–Trinajstić information content (AvgIpc) is 2.35. The molecule has 1 saturated carbocycles. The Balaban J connectivity index is 1.85. The van der Waals surface area contributed by atoms with Gasteiger partial charge in [0.1, 0.15) is 0 Å². The van der Waals surface area contributed by atoms with Gasteiger partial charge in [-0.25, -0.2) is 0 Å². The van der Waals surface area contributed by atoms with E-state index in [1.807, 2.05) is 0 Å². The van der Waals surface area contributed by atoms with Crippen LogP contribution in [-0.4, -0.2) is 48.1 Å². The van der Waals surface area contributed by atoms with Crippen LogP contribution < -0.4 is 0 Å². The van der Waals surface area contributed by atoms with Gasteiger partial charge in [-0.3, -0.25) is 4.90 Å². The fraction of sp³-hybridized carbons (Fsp3) is 1.00. The zero-order valence-corrected chi connectivity index (χ0v) is 13.8. The third-order valence-corrected chi connectivity index (χ3v) is 5.55. The van der Waals surface area contributed by atoms with Crippen molar-refractivity contribution in [3.8, 4) is 0 Å². The maximum absolute atomic E-state index is 2.79. The molecule has 112 valence electrons. The molecule has 19 heavy (non-hydrogen) atoms.